The fraction of sp³-hybridized carbons (Fsp3) is 0.238. The summed E-state index contributed by atoms with van der Waals surface area (Å²) in [6.45, 7) is 6.32. The van der Waals surface area contributed by atoms with Crippen molar-refractivity contribution in [1.29, 1.82) is 0 Å². The molecule has 0 amide bonds. The topological polar surface area (TPSA) is 38.7 Å². The van der Waals surface area contributed by atoms with E-state index in [1.807, 2.05) is 36.7 Å². The van der Waals surface area contributed by atoms with Crippen molar-refractivity contribution < 1.29 is 20.1 Å². The van der Waals surface area contributed by atoms with E-state index in [-0.39, 0.29) is 20.1 Å². The standard InChI is InChI=1S/C42H42N6.Ir/c1(2-5-13-36-20-23-41(44-32-36)42-40-17-9-8-14-37(40)24-25-43-42)4-12-35-18-21-39(22-19-35)48-31-29-46(34-48)27-11-10-26-45-28-30-47(33-45)38-15-6-3-7-16-38;/h3,6-9,14-15,17-21,23-25,28-34H,1-2,4-5,10-13,26-27H2;/q-4;. The molecule has 0 aliphatic carbocycles. The molecule has 4 heterocycles. The number of fused-ring (bicyclic) bond motifs is 1. The monoisotopic (exact) mass is 823 g/mol. The van der Waals surface area contributed by atoms with Gasteiger partial charge in [-0.25, -0.2) is 0 Å². The van der Waals surface area contributed by atoms with Gasteiger partial charge >= 0.3 is 0 Å². The van der Waals surface area contributed by atoms with E-state index in [0.717, 1.165) is 66.9 Å². The molecule has 2 aliphatic rings. The number of pyridine rings is 2. The first kappa shape index (κ1) is 34.4. The molecule has 2 aromatic heterocycles. The SMILES string of the molecule is [Ir].[c-]1ccccc1N1C=CN(CCCCN2C=CN(c3[c-]cc(CCCCCCc4ccc(-c5nccc6ccccc56)nc4)cc3)[CH-]2)[CH-]1. The van der Waals surface area contributed by atoms with Crippen molar-refractivity contribution in [2.75, 3.05) is 22.9 Å². The molecule has 2 aliphatic heterocycles. The Morgan fingerprint density at radius 2 is 1.29 bits per heavy atom. The van der Waals surface area contributed by atoms with Crippen molar-refractivity contribution in [2.24, 2.45) is 0 Å². The molecule has 253 valence electrons. The number of aryl methyl sites for hydroxylation is 2. The van der Waals surface area contributed by atoms with Gasteiger partial charge in [-0.1, -0.05) is 56.0 Å². The van der Waals surface area contributed by atoms with Crippen LogP contribution in [-0.2, 0) is 32.9 Å². The van der Waals surface area contributed by atoms with E-state index in [9.17, 15) is 0 Å². The van der Waals surface area contributed by atoms with E-state index in [1.165, 1.54) is 42.2 Å². The Kier molecular flexibility index (Phi) is 12.1. The molecule has 5 aromatic rings. The Hall–Kier alpha value is -4.45. The maximum Gasteiger partial charge on any atom is 0.0964 e. The molecule has 0 atom stereocenters. The minimum atomic E-state index is 0. The number of rotatable bonds is 15. The minimum Gasteiger partial charge on any atom is -0.508 e. The Morgan fingerprint density at radius 3 is 1.96 bits per heavy atom. The van der Waals surface area contributed by atoms with Crippen LogP contribution in [0.25, 0.3) is 22.2 Å². The quantitative estimate of drug-likeness (QED) is 0.0776. The molecule has 0 saturated carbocycles. The maximum atomic E-state index is 4.75. The van der Waals surface area contributed by atoms with Gasteiger partial charge < -0.3 is 19.6 Å². The van der Waals surface area contributed by atoms with Gasteiger partial charge in [-0.15, -0.1) is 17.4 Å². The predicted octanol–water partition coefficient (Wildman–Crippen LogP) is 9.15. The van der Waals surface area contributed by atoms with Crippen molar-refractivity contribution in [3.63, 3.8) is 0 Å². The Morgan fingerprint density at radius 1 is 0.592 bits per heavy atom. The average Bonchev–Trinajstić information content (AvgIpc) is 3.83. The number of hydrogen-bond donors (Lipinski definition) is 0. The first-order valence-electron chi connectivity index (χ1n) is 17.2. The number of nitrogens with zero attached hydrogens (tertiary/aromatic N) is 6. The zero-order valence-electron chi connectivity index (χ0n) is 27.8. The van der Waals surface area contributed by atoms with Gasteiger partial charge in [-0.05, 0) is 86.7 Å². The third kappa shape index (κ3) is 9.17. The molecule has 3 aromatic carbocycles. The van der Waals surface area contributed by atoms with Crippen LogP contribution < -0.4 is 9.80 Å². The normalized spacial score (nSPS) is 13.9. The summed E-state index contributed by atoms with van der Waals surface area (Å²) in [4.78, 5) is 18.1. The van der Waals surface area contributed by atoms with Gasteiger partial charge in [0.1, 0.15) is 0 Å². The molecule has 0 unspecified atom stereocenters. The minimum absolute atomic E-state index is 0. The van der Waals surface area contributed by atoms with Gasteiger partial charge in [0.15, 0.2) is 0 Å². The molecule has 0 N–H and O–H groups in total. The molecule has 0 fully saturated rings. The number of benzene rings is 3. The van der Waals surface area contributed by atoms with Crippen LogP contribution >= 0.6 is 0 Å². The van der Waals surface area contributed by atoms with Crippen LogP contribution in [0.5, 0.6) is 0 Å². The van der Waals surface area contributed by atoms with Gasteiger partial charge in [0.05, 0.1) is 11.4 Å². The average molecular weight is 823 g/mol. The molecule has 0 bridgehead atoms. The Balaban J connectivity index is 0.00000417. The number of hydrogen-bond acceptors (Lipinski definition) is 6. The largest absolute Gasteiger partial charge is 0.508 e. The first-order valence-corrected chi connectivity index (χ1v) is 17.2. The third-order valence-electron chi connectivity index (χ3n) is 9.00. The number of para-hydroxylation sites is 1. The van der Waals surface area contributed by atoms with E-state index in [1.54, 1.807) is 0 Å². The van der Waals surface area contributed by atoms with Gasteiger partial charge in [0, 0.05) is 37.9 Å². The van der Waals surface area contributed by atoms with Crippen LogP contribution in [0.1, 0.15) is 49.7 Å². The van der Waals surface area contributed by atoms with Crippen molar-refractivity contribution in [1.82, 2.24) is 19.8 Å². The summed E-state index contributed by atoms with van der Waals surface area (Å²) >= 11 is 0. The fourth-order valence-electron chi connectivity index (χ4n) is 6.28. The second kappa shape index (κ2) is 17.3. The van der Waals surface area contributed by atoms with Crippen molar-refractivity contribution in [3.8, 4) is 11.4 Å². The molecule has 0 saturated heterocycles. The summed E-state index contributed by atoms with van der Waals surface area (Å²) in [5.41, 5.74) is 6.69. The molecule has 49 heavy (non-hydrogen) atoms. The zero-order valence-corrected chi connectivity index (χ0v) is 30.2. The van der Waals surface area contributed by atoms with Gasteiger partial charge in [0.2, 0.25) is 0 Å². The van der Waals surface area contributed by atoms with Crippen LogP contribution in [0.15, 0.2) is 122 Å². The Bertz CT molecular complexity index is 1800. The van der Waals surface area contributed by atoms with E-state index >= 15 is 0 Å². The summed E-state index contributed by atoms with van der Waals surface area (Å²) in [6, 6.07) is 36.2. The first-order chi connectivity index (χ1) is 23.8. The summed E-state index contributed by atoms with van der Waals surface area (Å²) in [5.74, 6) is 0. The Labute approximate surface area is 305 Å². The molecule has 1 radical (unpaired) electrons. The molecule has 6 nitrogen and oxygen atoms in total. The van der Waals surface area contributed by atoms with Crippen LogP contribution in [0.2, 0.25) is 0 Å². The third-order valence-corrected chi connectivity index (χ3v) is 9.00. The second-order valence-electron chi connectivity index (χ2n) is 12.5. The van der Waals surface area contributed by atoms with E-state index < -0.39 is 0 Å². The summed E-state index contributed by atoms with van der Waals surface area (Å²) < 4.78 is 0. The van der Waals surface area contributed by atoms with Crippen LogP contribution in [0.3, 0.4) is 0 Å². The van der Waals surface area contributed by atoms with E-state index in [4.69, 9.17) is 4.98 Å². The molecular formula is C42H42IrN6-4. The van der Waals surface area contributed by atoms with Gasteiger partial charge in [0.25, 0.3) is 0 Å². The summed E-state index contributed by atoms with van der Waals surface area (Å²) in [6.07, 6.45) is 21.7. The van der Waals surface area contributed by atoms with E-state index in [2.05, 4.69) is 136 Å². The van der Waals surface area contributed by atoms with Crippen molar-refractivity contribution in [2.45, 2.75) is 51.4 Å². The molecule has 7 rings (SSSR count). The van der Waals surface area contributed by atoms with Gasteiger partial charge in [-0.2, -0.15) is 67.4 Å². The summed E-state index contributed by atoms with van der Waals surface area (Å²) in [7, 11) is 0. The number of unbranched alkanes of at least 4 members (excludes halogenated alkanes) is 4. The molecular weight excluding hydrogens is 781 g/mol. The predicted molar refractivity (Wildman–Crippen MR) is 196 cm³/mol. The molecule has 0 spiro atoms. The fourth-order valence-corrected chi connectivity index (χ4v) is 6.28. The van der Waals surface area contributed by atoms with Crippen LogP contribution in [0, 0.1) is 25.5 Å². The van der Waals surface area contributed by atoms with E-state index in [0.29, 0.717) is 0 Å². The summed E-state index contributed by atoms with van der Waals surface area (Å²) in [5, 5.41) is 2.34. The number of anilines is 2. The second-order valence-corrected chi connectivity index (χ2v) is 12.5. The maximum absolute atomic E-state index is 4.75. The van der Waals surface area contributed by atoms with Gasteiger partial charge in [-0.3, -0.25) is 9.97 Å². The molecule has 7 heteroatoms. The van der Waals surface area contributed by atoms with Crippen molar-refractivity contribution in [3.05, 3.63) is 159 Å². The van der Waals surface area contributed by atoms with Crippen LogP contribution in [-0.4, -0.2) is 32.9 Å². The van der Waals surface area contributed by atoms with Crippen molar-refractivity contribution >= 4 is 22.1 Å². The zero-order chi connectivity index (χ0) is 32.4. The van der Waals surface area contributed by atoms with Crippen LogP contribution in [0.4, 0.5) is 11.4 Å². The smallest absolute Gasteiger partial charge is 0.0964 e. The number of aromatic nitrogens is 2.